The first kappa shape index (κ1) is 36.7. The third kappa shape index (κ3) is 9.27. The number of nitrogens with zero attached hydrogens (tertiary/aromatic N) is 1. The molecule has 0 amide bonds. The summed E-state index contributed by atoms with van der Waals surface area (Å²) in [5.41, 5.74) is 9.84. The van der Waals surface area contributed by atoms with Crippen molar-refractivity contribution in [1.29, 1.82) is 0 Å². The minimum atomic E-state index is -1.01. The van der Waals surface area contributed by atoms with Gasteiger partial charge in [0.2, 0.25) is 0 Å². The maximum Gasteiger partial charge on any atom is 0.113 e. The second-order valence-corrected chi connectivity index (χ2v) is 15.8. The molecule has 5 aromatic rings. The molecule has 0 saturated heterocycles. The molecule has 0 heterocycles. The highest BCUT2D eigenvalue weighted by Crippen LogP contribution is 2.37. The summed E-state index contributed by atoms with van der Waals surface area (Å²) < 4.78 is 0. The van der Waals surface area contributed by atoms with Crippen LogP contribution in [0.5, 0.6) is 0 Å². The summed E-state index contributed by atoms with van der Waals surface area (Å²) in [7, 11) is 6.03. The molecule has 5 rings (SSSR count). The van der Waals surface area contributed by atoms with Crippen LogP contribution in [0.2, 0.25) is 0 Å². The van der Waals surface area contributed by atoms with Gasteiger partial charge in [0.15, 0.2) is 0 Å². The van der Waals surface area contributed by atoms with Crippen molar-refractivity contribution in [2.45, 2.75) is 91.3 Å². The van der Waals surface area contributed by atoms with Crippen molar-refractivity contribution in [1.82, 2.24) is 0 Å². The molecule has 5 aromatic carbocycles. The van der Waals surface area contributed by atoms with Gasteiger partial charge in [0, 0.05) is 17.1 Å². The fraction of sp³-hybridized carbons (Fsp3) is 0.318. The summed E-state index contributed by atoms with van der Waals surface area (Å²) in [5, 5.41) is 18.2. The van der Waals surface area contributed by atoms with Gasteiger partial charge in [-0.25, -0.2) is 0 Å². The van der Waals surface area contributed by atoms with Crippen molar-refractivity contribution in [2.24, 2.45) is 0 Å². The maximum atomic E-state index is 9.10. The van der Waals surface area contributed by atoms with Gasteiger partial charge < -0.3 is 15.1 Å². The average Bonchev–Trinajstić information content (AvgIpc) is 3.01. The summed E-state index contributed by atoms with van der Waals surface area (Å²) in [4.78, 5) is 2.28. The van der Waals surface area contributed by atoms with Gasteiger partial charge >= 0.3 is 0 Å². The fourth-order valence-corrected chi connectivity index (χ4v) is 5.00. The van der Waals surface area contributed by atoms with Crippen LogP contribution in [0, 0.1) is 0 Å². The highest BCUT2D eigenvalue weighted by Gasteiger charge is 2.32. The fourth-order valence-electron chi connectivity index (χ4n) is 5.00. The molecule has 2 N–H and O–H groups in total. The predicted molar refractivity (Wildman–Crippen MR) is 207 cm³/mol. The Morgan fingerprint density at radius 1 is 0.375 bits per heavy atom. The van der Waals surface area contributed by atoms with Gasteiger partial charge in [0.1, 0.15) is 7.85 Å². The molecule has 4 heteroatoms. The maximum absolute atomic E-state index is 9.10. The van der Waals surface area contributed by atoms with Gasteiger partial charge in [-0.3, -0.25) is 0 Å². The van der Waals surface area contributed by atoms with E-state index < -0.39 is 11.2 Å². The zero-order valence-corrected chi connectivity index (χ0v) is 30.5. The molecule has 0 saturated carbocycles. The number of rotatable bonds is 6. The monoisotopic (exact) mass is 637 g/mol. The van der Waals surface area contributed by atoms with E-state index >= 15 is 0 Å². The number of hydrogen-bond donors (Lipinski definition) is 2. The quantitative estimate of drug-likeness (QED) is 0.182. The third-order valence-corrected chi connectivity index (χ3v) is 9.07. The lowest BCUT2D eigenvalue weighted by Crippen LogP contribution is -2.44. The topological polar surface area (TPSA) is 43.7 Å². The van der Waals surface area contributed by atoms with Gasteiger partial charge in [-0.2, -0.15) is 0 Å². The Kier molecular flexibility index (Phi) is 10.8. The minimum absolute atomic E-state index is 0.146. The summed E-state index contributed by atoms with van der Waals surface area (Å²) >= 11 is 0. The molecule has 2 radical (unpaired) electrons. The van der Waals surface area contributed by atoms with Crippen molar-refractivity contribution in [2.75, 3.05) is 4.90 Å². The van der Waals surface area contributed by atoms with Crippen LogP contribution < -0.4 is 10.4 Å². The summed E-state index contributed by atoms with van der Waals surface area (Å²) in [6.45, 7) is 19.8. The Morgan fingerprint density at radius 2 is 0.604 bits per heavy atom. The van der Waals surface area contributed by atoms with E-state index in [-0.39, 0.29) is 10.8 Å². The lowest BCUT2D eigenvalue weighted by molar-refractivity contribution is -0.107. The van der Waals surface area contributed by atoms with Gasteiger partial charge in [0.25, 0.3) is 0 Å². The van der Waals surface area contributed by atoms with Crippen LogP contribution in [0.1, 0.15) is 80.4 Å². The molecule has 0 aliphatic heterocycles. The smallest absolute Gasteiger partial charge is 0.113 e. The van der Waals surface area contributed by atoms with Gasteiger partial charge in [0.05, 0.1) is 11.2 Å². The van der Waals surface area contributed by atoms with Crippen molar-refractivity contribution in [3.05, 3.63) is 132 Å². The average molecular weight is 638 g/mol. The van der Waals surface area contributed by atoms with Gasteiger partial charge in [-0.15, -0.1) is 0 Å². The van der Waals surface area contributed by atoms with Crippen molar-refractivity contribution in [3.8, 4) is 22.3 Å². The molecule has 0 spiro atoms. The van der Waals surface area contributed by atoms with E-state index in [0.717, 1.165) is 22.5 Å². The number of hydrogen-bond acceptors (Lipinski definition) is 3. The van der Waals surface area contributed by atoms with Crippen LogP contribution in [-0.2, 0) is 10.8 Å². The molecular formula is C44H52BNO2. The second kappa shape index (κ2) is 14.2. The summed E-state index contributed by atoms with van der Waals surface area (Å²) in [5.74, 6) is 0. The highest BCUT2D eigenvalue weighted by atomic mass is 16.3. The third-order valence-electron chi connectivity index (χ3n) is 9.07. The SMILES string of the molecule is CC(C)(O)C(C)(C)O.[B]c1ccc(N(c2ccc(-c3ccc(C(C)(C)C)cc3)cc2)c2ccc(-c3ccc(C(C)(C)C)cc3)cc2)cc1. The molecule has 0 aliphatic carbocycles. The second-order valence-electron chi connectivity index (χ2n) is 15.8. The zero-order chi connectivity index (χ0) is 35.5. The van der Waals surface area contributed by atoms with E-state index in [9.17, 15) is 0 Å². The zero-order valence-electron chi connectivity index (χ0n) is 30.5. The Morgan fingerprint density at radius 3 is 0.833 bits per heavy atom. The molecular weight excluding hydrogens is 585 g/mol. The van der Waals surface area contributed by atoms with E-state index in [1.54, 1.807) is 27.7 Å². The van der Waals surface area contributed by atoms with Crippen LogP contribution in [0.25, 0.3) is 22.3 Å². The van der Waals surface area contributed by atoms with Crippen molar-refractivity contribution >= 4 is 30.4 Å². The molecule has 0 bridgehead atoms. The van der Waals surface area contributed by atoms with E-state index in [4.69, 9.17) is 18.1 Å². The standard InChI is InChI=1S/C38H38BN.C6H14O2/c1-37(2,3)31-15-7-27(8-16-31)29-11-21-34(22-12-29)40(36-25-19-33(39)20-26-36)35-23-13-30(14-24-35)28-9-17-32(18-10-28)38(4,5)6;1-5(2,7)6(3,4)8/h7-26H,1-6H3;7-8H,1-4H3. The number of aliphatic hydroxyl groups is 2. The van der Waals surface area contributed by atoms with Crippen LogP contribution in [0.15, 0.2) is 121 Å². The molecule has 48 heavy (non-hydrogen) atoms. The van der Waals surface area contributed by atoms with Crippen LogP contribution in [0.3, 0.4) is 0 Å². The van der Waals surface area contributed by atoms with E-state index in [1.165, 1.54) is 33.4 Å². The first-order chi connectivity index (χ1) is 22.2. The lowest BCUT2D eigenvalue weighted by Gasteiger charge is -2.31. The normalized spacial score (nSPS) is 12.2. The van der Waals surface area contributed by atoms with Crippen molar-refractivity contribution in [3.63, 3.8) is 0 Å². The van der Waals surface area contributed by atoms with Crippen LogP contribution in [-0.4, -0.2) is 29.3 Å². The Bertz CT molecular complexity index is 1630. The van der Waals surface area contributed by atoms with E-state index in [1.807, 2.05) is 12.1 Å². The Labute approximate surface area is 290 Å². The largest absolute Gasteiger partial charge is 0.387 e. The molecule has 0 aliphatic rings. The first-order valence-corrected chi connectivity index (χ1v) is 16.8. The molecule has 3 nitrogen and oxygen atoms in total. The Balaban J connectivity index is 0.000000579. The molecule has 0 atom stereocenters. The van der Waals surface area contributed by atoms with Crippen LogP contribution >= 0.6 is 0 Å². The number of anilines is 3. The lowest BCUT2D eigenvalue weighted by atomic mass is 9.86. The molecule has 0 aromatic heterocycles. The molecule has 248 valence electrons. The molecule has 0 unspecified atom stereocenters. The van der Waals surface area contributed by atoms with Crippen molar-refractivity contribution < 1.29 is 10.2 Å². The summed E-state index contributed by atoms with van der Waals surface area (Å²) in [6, 6.07) is 43.5. The predicted octanol–water partition coefficient (Wildman–Crippen LogP) is 10.4. The first-order valence-electron chi connectivity index (χ1n) is 16.8. The van der Waals surface area contributed by atoms with E-state index in [2.05, 4.69) is 156 Å². The van der Waals surface area contributed by atoms with Crippen LogP contribution in [0.4, 0.5) is 17.1 Å². The highest BCUT2D eigenvalue weighted by molar-refractivity contribution is 6.32. The number of benzene rings is 5. The minimum Gasteiger partial charge on any atom is -0.387 e. The molecule has 0 fully saturated rings. The van der Waals surface area contributed by atoms with Gasteiger partial charge in [-0.1, -0.05) is 132 Å². The summed E-state index contributed by atoms with van der Waals surface area (Å²) in [6.07, 6.45) is 0. The van der Waals surface area contributed by atoms with E-state index in [0.29, 0.717) is 0 Å². The Hall–Kier alpha value is -4.12. The van der Waals surface area contributed by atoms with Gasteiger partial charge in [-0.05, 0) is 108 Å².